The number of hydrogen-bond donors (Lipinski definition) is 0. The summed E-state index contributed by atoms with van der Waals surface area (Å²) in [5.41, 5.74) is 4.20. The molecule has 4 heterocycles. The zero-order valence-electron chi connectivity index (χ0n) is 18.0. The molecule has 5 rings (SSSR count). The molecule has 0 saturated heterocycles. The molecule has 0 bridgehead atoms. The first kappa shape index (κ1) is 21.4. The van der Waals surface area contributed by atoms with Crippen molar-refractivity contribution in [2.75, 3.05) is 19.8 Å². The highest BCUT2D eigenvalue weighted by Crippen LogP contribution is 2.33. The first-order valence-corrected chi connectivity index (χ1v) is 12.1. The van der Waals surface area contributed by atoms with Crippen LogP contribution < -0.4 is 9.47 Å². The lowest BCUT2D eigenvalue weighted by Crippen LogP contribution is -2.16. The van der Waals surface area contributed by atoms with Crippen molar-refractivity contribution in [3.63, 3.8) is 0 Å². The number of carbonyl (C=O) groups is 2. The van der Waals surface area contributed by atoms with Crippen LogP contribution in [0.5, 0.6) is 11.5 Å². The van der Waals surface area contributed by atoms with E-state index in [2.05, 4.69) is 4.98 Å². The molecule has 1 aromatic carbocycles. The van der Waals surface area contributed by atoms with E-state index in [1.165, 1.54) is 11.3 Å². The maximum absolute atomic E-state index is 12.9. The van der Waals surface area contributed by atoms with Gasteiger partial charge >= 0.3 is 5.97 Å². The quantitative estimate of drug-likeness (QED) is 0.283. The SMILES string of the molecule is Cc1cc(C(=O)COC(=O)c2csc(-c3ccsc3)n2)c(C)n1-c1ccc2c(c1)OCCO2. The number of esters is 1. The largest absolute Gasteiger partial charge is 0.486 e. The predicted octanol–water partition coefficient (Wildman–Crippen LogP) is 5.09. The third-order valence-corrected chi connectivity index (χ3v) is 6.91. The average molecular weight is 481 g/mol. The molecule has 0 spiro atoms. The predicted molar refractivity (Wildman–Crippen MR) is 126 cm³/mol. The van der Waals surface area contributed by atoms with Gasteiger partial charge in [-0.05, 0) is 43.5 Å². The fourth-order valence-corrected chi connectivity index (χ4v) is 5.28. The molecule has 0 aliphatic carbocycles. The number of rotatable bonds is 6. The molecule has 168 valence electrons. The molecular weight excluding hydrogens is 460 g/mol. The number of aryl methyl sites for hydroxylation is 1. The first-order chi connectivity index (χ1) is 16.0. The number of carbonyl (C=O) groups excluding carboxylic acids is 2. The van der Waals surface area contributed by atoms with E-state index in [-0.39, 0.29) is 18.1 Å². The monoisotopic (exact) mass is 480 g/mol. The maximum Gasteiger partial charge on any atom is 0.358 e. The topological polar surface area (TPSA) is 79.7 Å². The zero-order chi connectivity index (χ0) is 22.9. The number of nitrogens with zero attached hydrogens (tertiary/aromatic N) is 2. The Bertz CT molecular complexity index is 1340. The van der Waals surface area contributed by atoms with Crippen molar-refractivity contribution in [2.45, 2.75) is 13.8 Å². The van der Waals surface area contributed by atoms with Crippen molar-refractivity contribution in [3.8, 4) is 27.8 Å². The van der Waals surface area contributed by atoms with Crippen molar-refractivity contribution in [2.24, 2.45) is 0 Å². The molecule has 0 amide bonds. The molecule has 1 aliphatic heterocycles. The van der Waals surface area contributed by atoms with Gasteiger partial charge in [-0.15, -0.1) is 11.3 Å². The van der Waals surface area contributed by atoms with Crippen LogP contribution in [0.4, 0.5) is 0 Å². The number of hydrogen-bond acceptors (Lipinski definition) is 8. The van der Waals surface area contributed by atoms with Gasteiger partial charge in [0.15, 0.2) is 23.8 Å². The lowest BCUT2D eigenvalue weighted by Gasteiger charge is -2.20. The average Bonchev–Trinajstić information content (AvgIpc) is 3.57. The van der Waals surface area contributed by atoms with E-state index in [9.17, 15) is 9.59 Å². The number of aromatic nitrogens is 2. The maximum atomic E-state index is 12.9. The lowest BCUT2D eigenvalue weighted by molar-refractivity contribution is 0.0469. The minimum absolute atomic E-state index is 0.204. The Morgan fingerprint density at radius 2 is 1.91 bits per heavy atom. The standard InChI is InChI=1S/C24H20N2O5S2/c1-14-9-18(15(2)26(14)17-3-4-21-22(10-17)30-7-6-29-21)20(27)11-31-24(28)19-13-33-23(25-19)16-5-8-32-12-16/h3-5,8-10,12-13H,6-7,11H2,1-2H3. The van der Waals surface area contributed by atoms with E-state index >= 15 is 0 Å². The number of fused-ring (bicyclic) bond motifs is 1. The number of Topliss-reactive ketones (excluding diaryl/α,β-unsaturated/α-hetero) is 1. The molecular formula is C24H20N2O5S2. The fraction of sp³-hybridized carbons (Fsp3) is 0.208. The summed E-state index contributed by atoms with van der Waals surface area (Å²) >= 11 is 2.93. The van der Waals surface area contributed by atoms with E-state index in [1.807, 2.05) is 53.4 Å². The highest BCUT2D eigenvalue weighted by molar-refractivity contribution is 7.14. The van der Waals surface area contributed by atoms with Gasteiger partial charge in [0.1, 0.15) is 18.2 Å². The van der Waals surface area contributed by atoms with Gasteiger partial charge in [0.25, 0.3) is 0 Å². The Morgan fingerprint density at radius 1 is 1.09 bits per heavy atom. The summed E-state index contributed by atoms with van der Waals surface area (Å²) in [4.78, 5) is 29.6. The first-order valence-electron chi connectivity index (χ1n) is 10.3. The van der Waals surface area contributed by atoms with Gasteiger partial charge in [0, 0.05) is 45.0 Å². The second-order valence-electron chi connectivity index (χ2n) is 7.50. The third-order valence-electron chi connectivity index (χ3n) is 5.33. The van der Waals surface area contributed by atoms with Gasteiger partial charge in [-0.25, -0.2) is 9.78 Å². The summed E-state index contributed by atoms with van der Waals surface area (Å²) in [6, 6.07) is 9.44. The summed E-state index contributed by atoms with van der Waals surface area (Å²) in [7, 11) is 0. The molecule has 0 saturated carbocycles. The lowest BCUT2D eigenvalue weighted by atomic mass is 10.1. The summed E-state index contributed by atoms with van der Waals surface area (Å²) in [5.74, 6) is 0.508. The highest BCUT2D eigenvalue weighted by atomic mass is 32.1. The molecule has 9 heteroatoms. The zero-order valence-corrected chi connectivity index (χ0v) is 19.6. The van der Waals surface area contributed by atoms with Crippen LogP contribution in [0.1, 0.15) is 32.2 Å². The summed E-state index contributed by atoms with van der Waals surface area (Å²) < 4.78 is 18.5. The van der Waals surface area contributed by atoms with Crippen molar-refractivity contribution in [1.82, 2.24) is 9.55 Å². The number of benzene rings is 1. The van der Waals surface area contributed by atoms with E-state index in [1.54, 1.807) is 22.8 Å². The Morgan fingerprint density at radius 3 is 2.70 bits per heavy atom. The normalized spacial score (nSPS) is 12.5. The van der Waals surface area contributed by atoms with Gasteiger partial charge in [-0.1, -0.05) is 0 Å². The van der Waals surface area contributed by atoms with Crippen LogP contribution in [0.25, 0.3) is 16.3 Å². The Labute approximate surface area is 198 Å². The van der Waals surface area contributed by atoms with Crippen LogP contribution >= 0.6 is 22.7 Å². The van der Waals surface area contributed by atoms with Crippen molar-refractivity contribution < 1.29 is 23.8 Å². The second kappa shape index (κ2) is 8.84. The molecule has 4 aromatic rings. The summed E-state index contributed by atoms with van der Waals surface area (Å²) in [5, 5.41) is 6.31. The van der Waals surface area contributed by atoms with Crippen LogP contribution in [0.3, 0.4) is 0 Å². The molecule has 33 heavy (non-hydrogen) atoms. The van der Waals surface area contributed by atoms with E-state index < -0.39 is 5.97 Å². The molecule has 0 unspecified atom stereocenters. The number of ether oxygens (including phenoxy) is 3. The van der Waals surface area contributed by atoms with E-state index in [4.69, 9.17) is 14.2 Å². The Kier molecular flexibility index (Phi) is 5.74. The summed E-state index contributed by atoms with van der Waals surface area (Å²) in [6.45, 7) is 4.47. The van der Waals surface area contributed by atoms with Crippen LogP contribution in [0, 0.1) is 13.8 Å². The smallest absolute Gasteiger partial charge is 0.358 e. The molecule has 0 radical (unpaired) electrons. The summed E-state index contributed by atoms with van der Waals surface area (Å²) in [6.07, 6.45) is 0. The second-order valence-corrected chi connectivity index (χ2v) is 9.14. The molecule has 1 aliphatic rings. The molecule has 0 atom stereocenters. The minimum Gasteiger partial charge on any atom is -0.486 e. The Hall–Kier alpha value is -3.43. The van der Waals surface area contributed by atoms with Gasteiger partial charge in [-0.3, -0.25) is 4.79 Å². The Balaban J connectivity index is 1.30. The number of thiophene rings is 1. The van der Waals surface area contributed by atoms with Crippen LogP contribution in [-0.4, -0.2) is 41.1 Å². The minimum atomic E-state index is -0.610. The molecule has 7 nitrogen and oxygen atoms in total. The number of ketones is 1. The van der Waals surface area contributed by atoms with Gasteiger partial charge < -0.3 is 18.8 Å². The third kappa shape index (κ3) is 4.17. The van der Waals surface area contributed by atoms with Crippen molar-refractivity contribution in [1.29, 1.82) is 0 Å². The molecule has 3 aromatic heterocycles. The fourth-order valence-electron chi connectivity index (χ4n) is 3.78. The van der Waals surface area contributed by atoms with Crippen LogP contribution in [0.2, 0.25) is 0 Å². The van der Waals surface area contributed by atoms with Gasteiger partial charge in [0.05, 0.1) is 0 Å². The van der Waals surface area contributed by atoms with Gasteiger partial charge in [-0.2, -0.15) is 11.3 Å². The molecule has 0 N–H and O–H groups in total. The molecule has 0 fully saturated rings. The van der Waals surface area contributed by atoms with Crippen LogP contribution in [-0.2, 0) is 4.74 Å². The van der Waals surface area contributed by atoms with Crippen molar-refractivity contribution >= 4 is 34.4 Å². The van der Waals surface area contributed by atoms with E-state index in [0.29, 0.717) is 30.3 Å². The van der Waals surface area contributed by atoms with Crippen molar-refractivity contribution in [3.05, 3.63) is 69.1 Å². The van der Waals surface area contributed by atoms with Gasteiger partial charge in [0.2, 0.25) is 5.78 Å². The van der Waals surface area contributed by atoms with Crippen LogP contribution in [0.15, 0.2) is 46.5 Å². The highest BCUT2D eigenvalue weighted by Gasteiger charge is 2.21. The number of thiazole rings is 1. The van der Waals surface area contributed by atoms with E-state index in [0.717, 1.165) is 27.6 Å².